The van der Waals surface area contributed by atoms with Crippen molar-refractivity contribution in [3.63, 3.8) is 0 Å². The van der Waals surface area contributed by atoms with E-state index in [1.807, 2.05) is 91.2 Å². The molecule has 1 N–H and O–H groups in total. The summed E-state index contributed by atoms with van der Waals surface area (Å²) in [6.45, 7) is 1.91. The molecule has 0 saturated carbocycles. The van der Waals surface area contributed by atoms with Gasteiger partial charge in [-0.25, -0.2) is 4.98 Å². The third-order valence-corrected chi connectivity index (χ3v) is 6.41. The highest BCUT2D eigenvalue weighted by Gasteiger charge is 2.15. The van der Waals surface area contributed by atoms with E-state index in [9.17, 15) is 9.59 Å². The minimum atomic E-state index is -0.284. The smallest absolute Gasteiger partial charge is 0.263 e. The summed E-state index contributed by atoms with van der Waals surface area (Å²) in [6.07, 6.45) is 1.45. The fourth-order valence-corrected chi connectivity index (χ4v) is 4.74. The van der Waals surface area contributed by atoms with Crippen LogP contribution in [0.4, 0.5) is 5.69 Å². The number of carbonyl (C=O) groups excluding carboxylic acids is 1. The van der Waals surface area contributed by atoms with Crippen molar-refractivity contribution < 1.29 is 4.79 Å². The first-order valence-electron chi connectivity index (χ1n) is 10.6. The molecule has 0 saturated heterocycles. The van der Waals surface area contributed by atoms with Gasteiger partial charge in [-0.1, -0.05) is 78.4 Å². The number of carbonyl (C=O) groups is 1. The lowest BCUT2D eigenvalue weighted by Crippen LogP contribution is -2.28. The van der Waals surface area contributed by atoms with E-state index < -0.39 is 0 Å². The van der Waals surface area contributed by atoms with Crippen LogP contribution in [0.3, 0.4) is 0 Å². The Balaban J connectivity index is 1.44. The van der Waals surface area contributed by atoms with Crippen molar-refractivity contribution in [3.8, 4) is 22.3 Å². The van der Waals surface area contributed by atoms with Crippen LogP contribution in [0.5, 0.6) is 0 Å². The number of anilines is 1. The summed E-state index contributed by atoms with van der Waals surface area (Å²) in [4.78, 5) is 31.3. The van der Waals surface area contributed by atoms with E-state index in [1.54, 1.807) is 0 Å². The molecule has 0 aliphatic carbocycles. The highest BCUT2D eigenvalue weighted by Crippen LogP contribution is 2.31. The van der Waals surface area contributed by atoms with Crippen molar-refractivity contribution in [2.75, 3.05) is 5.32 Å². The van der Waals surface area contributed by atoms with Crippen molar-refractivity contribution in [2.45, 2.75) is 13.5 Å². The number of amides is 1. The highest BCUT2D eigenvalue weighted by molar-refractivity contribution is 7.17. The van der Waals surface area contributed by atoms with Crippen molar-refractivity contribution >= 4 is 33.1 Å². The van der Waals surface area contributed by atoms with Crippen LogP contribution in [-0.4, -0.2) is 15.5 Å². The molecular formula is C27H21N3O2S. The van der Waals surface area contributed by atoms with E-state index in [0.29, 0.717) is 15.9 Å². The number of benzene rings is 3. The summed E-state index contributed by atoms with van der Waals surface area (Å²) in [5.41, 5.74) is 5.37. The summed E-state index contributed by atoms with van der Waals surface area (Å²) in [6, 6.07) is 25.5. The zero-order chi connectivity index (χ0) is 22.8. The average molecular weight is 452 g/mol. The Kier molecular flexibility index (Phi) is 5.59. The number of aromatic nitrogens is 2. The predicted molar refractivity (Wildman–Crippen MR) is 135 cm³/mol. The number of hydrogen-bond donors (Lipinski definition) is 1. The molecule has 0 aliphatic rings. The van der Waals surface area contributed by atoms with Crippen molar-refractivity contribution in [1.29, 1.82) is 0 Å². The van der Waals surface area contributed by atoms with Gasteiger partial charge in [-0.15, -0.1) is 11.3 Å². The van der Waals surface area contributed by atoms with E-state index >= 15 is 0 Å². The molecule has 0 radical (unpaired) electrons. The molecule has 162 valence electrons. The number of aryl methyl sites for hydroxylation is 1. The molecule has 0 spiro atoms. The average Bonchev–Trinajstić information content (AvgIpc) is 3.27. The molecule has 0 atom stereocenters. The summed E-state index contributed by atoms with van der Waals surface area (Å²) < 4.78 is 1.37. The summed E-state index contributed by atoms with van der Waals surface area (Å²) >= 11 is 1.43. The van der Waals surface area contributed by atoms with Gasteiger partial charge in [-0.05, 0) is 24.1 Å². The predicted octanol–water partition coefficient (Wildman–Crippen LogP) is 5.74. The van der Waals surface area contributed by atoms with Crippen LogP contribution in [0.15, 0.2) is 95.4 Å². The van der Waals surface area contributed by atoms with Crippen LogP contribution in [-0.2, 0) is 11.3 Å². The molecule has 5 aromatic rings. The number of rotatable bonds is 5. The quantitative estimate of drug-likeness (QED) is 0.371. The first-order chi connectivity index (χ1) is 16.1. The van der Waals surface area contributed by atoms with Gasteiger partial charge in [0.25, 0.3) is 5.56 Å². The number of nitrogens with zero attached hydrogens (tertiary/aromatic N) is 2. The molecule has 5 nitrogen and oxygen atoms in total. The maximum absolute atomic E-state index is 13.3. The molecule has 0 bridgehead atoms. The molecule has 0 aliphatic heterocycles. The van der Waals surface area contributed by atoms with Gasteiger partial charge in [0.05, 0.1) is 11.7 Å². The van der Waals surface area contributed by atoms with E-state index in [-0.39, 0.29) is 18.0 Å². The Morgan fingerprint density at radius 1 is 0.909 bits per heavy atom. The first kappa shape index (κ1) is 20.8. The van der Waals surface area contributed by atoms with Gasteiger partial charge in [0, 0.05) is 22.2 Å². The zero-order valence-corrected chi connectivity index (χ0v) is 18.8. The summed E-state index contributed by atoms with van der Waals surface area (Å²) in [5, 5.41) is 5.45. The van der Waals surface area contributed by atoms with Gasteiger partial charge in [-0.2, -0.15) is 0 Å². The molecule has 2 aromatic heterocycles. The Morgan fingerprint density at radius 2 is 1.61 bits per heavy atom. The van der Waals surface area contributed by atoms with Crippen LogP contribution in [0.25, 0.3) is 32.5 Å². The second kappa shape index (κ2) is 8.84. The van der Waals surface area contributed by atoms with Gasteiger partial charge in [0.2, 0.25) is 5.91 Å². The lowest BCUT2D eigenvalue weighted by atomic mass is 10.0. The molecule has 2 heterocycles. The number of nitrogens with one attached hydrogen (secondary N) is 1. The summed E-state index contributed by atoms with van der Waals surface area (Å²) in [7, 11) is 0. The Hall–Kier alpha value is -4.03. The number of hydrogen-bond acceptors (Lipinski definition) is 4. The largest absolute Gasteiger partial charge is 0.324 e. The Bertz CT molecular complexity index is 1500. The lowest BCUT2D eigenvalue weighted by Gasteiger charge is -2.12. The maximum Gasteiger partial charge on any atom is 0.263 e. The maximum atomic E-state index is 13.3. The van der Waals surface area contributed by atoms with Crippen LogP contribution in [0.2, 0.25) is 0 Å². The third kappa shape index (κ3) is 4.21. The first-order valence-corrected chi connectivity index (χ1v) is 11.5. The van der Waals surface area contributed by atoms with Crippen molar-refractivity contribution in [2.24, 2.45) is 0 Å². The molecule has 5 rings (SSSR count). The fraction of sp³-hybridized carbons (Fsp3) is 0.0741. The van der Waals surface area contributed by atoms with Crippen LogP contribution < -0.4 is 10.9 Å². The van der Waals surface area contributed by atoms with Crippen molar-refractivity contribution in [3.05, 3.63) is 106 Å². The monoisotopic (exact) mass is 451 g/mol. The number of para-hydroxylation sites is 1. The zero-order valence-electron chi connectivity index (χ0n) is 18.0. The molecular weight excluding hydrogens is 430 g/mol. The van der Waals surface area contributed by atoms with Crippen molar-refractivity contribution in [1.82, 2.24) is 9.55 Å². The molecule has 0 fully saturated rings. The minimum absolute atomic E-state index is 0.117. The lowest BCUT2D eigenvalue weighted by molar-refractivity contribution is -0.116. The van der Waals surface area contributed by atoms with Crippen LogP contribution >= 0.6 is 11.3 Å². The molecule has 1 amide bonds. The molecule has 3 aromatic carbocycles. The van der Waals surface area contributed by atoms with E-state index in [1.165, 1.54) is 22.2 Å². The fourth-order valence-electron chi connectivity index (χ4n) is 3.83. The second-order valence-electron chi connectivity index (χ2n) is 7.83. The van der Waals surface area contributed by atoms with Gasteiger partial charge in [-0.3, -0.25) is 14.2 Å². The van der Waals surface area contributed by atoms with E-state index in [0.717, 1.165) is 27.8 Å². The van der Waals surface area contributed by atoms with E-state index in [2.05, 4.69) is 10.3 Å². The van der Waals surface area contributed by atoms with Gasteiger partial charge in [0.15, 0.2) is 0 Å². The third-order valence-electron chi connectivity index (χ3n) is 5.52. The Labute approximate surface area is 195 Å². The van der Waals surface area contributed by atoms with Gasteiger partial charge >= 0.3 is 0 Å². The topological polar surface area (TPSA) is 64.0 Å². The molecule has 33 heavy (non-hydrogen) atoms. The van der Waals surface area contributed by atoms with Gasteiger partial charge in [0.1, 0.15) is 11.4 Å². The van der Waals surface area contributed by atoms with E-state index in [4.69, 9.17) is 0 Å². The standard InChI is InChI=1S/C27H21N3O2S/c1-18-11-13-20(14-12-18)22-16-33-26-25(22)27(32)30(17-28-26)15-24(31)29-23-10-6-5-9-21(23)19-7-3-2-4-8-19/h2-14,16-17H,15H2,1H3,(H,29,31). The van der Waals surface area contributed by atoms with Crippen LogP contribution in [0, 0.1) is 6.92 Å². The minimum Gasteiger partial charge on any atom is -0.324 e. The molecule has 0 unspecified atom stereocenters. The van der Waals surface area contributed by atoms with Gasteiger partial charge < -0.3 is 5.32 Å². The Morgan fingerprint density at radius 3 is 2.39 bits per heavy atom. The second-order valence-corrected chi connectivity index (χ2v) is 8.69. The number of thiophene rings is 1. The molecule has 6 heteroatoms. The SMILES string of the molecule is Cc1ccc(-c2csc3ncn(CC(=O)Nc4ccccc4-c4ccccc4)c(=O)c23)cc1. The number of fused-ring (bicyclic) bond motifs is 1. The van der Waals surface area contributed by atoms with Crippen LogP contribution in [0.1, 0.15) is 5.56 Å². The summed E-state index contributed by atoms with van der Waals surface area (Å²) in [5.74, 6) is -0.284. The normalized spacial score (nSPS) is 10.9. The highest BCUT2D eigenvalue weighted by atomic mass is 32.1.